The second kappa shape index (κ2) is 9.00. The van der Waals surface area contributed by atoms with Crippen LogP contribution in [0.3, 0.4) is 0 Å². The minimum Gasteiger partial charge on any atom is -0.378 e. The van der Waals surface area contributed by atoms with E-state index in [1.54, 1.807) is 11.8 Å². The van der Waals surface area contributed by atoms with Gasteiger partial charge in [-0.25, -0.2) is 0 Å². The lowest BCUT2D eigenvalue weighted by molar-refractivity contribution is -0.130. The molecule has 142 valence electrons. The van der Waals surface area contributed by atoms with Crippen LogP contribution in [-0.4, -0.2) is 63.9 Å². The summed E-state index contributed by atoms with van der Waals surface area (Å²) in [5.41, 5.74) is 1.89. The molecule has 2 aliphatic rings. The highest BCUT2D eigenvalue weighted by Gasteiger charge is 2.24. The molecule has 0 radical (unpaired) electrons. The van der Waals surface area contributed by atoms with Gasteiger partial charge in [0.25, 0.3) is 0 Å². The molecule has 0 aromatic heterocycles. The topological polar surface area (TPSA) is 71.1 Å². The van der Waals surface area contributed by atoms with Gasteiger partial charge >= 0.3 is 0 Å². The molecule has 0 spiro atoms. The molecule has 0 bridgehead atoms. The molecule has 2 aliphatic heterocycles. The van der Waals surface area contributed by atoms with E-state index in [0.717, 1.165) is 37.3 Å². The molecule has 1 aromatic rings. The predicted octanol–water partition coefficient (Wildman–Crippen LogP) is 1.17. The number of para-hydroxylation sites is 2. The first-order valence-corrected chi connectivity index (χ1v) is 9.26. The molecular formula is C19H27N3O4. The highest BCUT2D eigenvalue weighted by molar-refractivity contribution is 5.95. The van der Waals surface area contributed by atoms with Crippen LogP contribution in [0.15, 0.2) is 24.3 Å². The number of benzene rings is 1. The molecular weight excluding hydrogens is 334 g/mol. The van der Waals surface area contributed by atoms with Crippen molar-refractivity contribution in [3.8, 4) is 0 Å². The normalized spacial score (nSPS) is 20.0. The maximum Gasteiger partial charge on any atom is 0.249 e. The minimum absolute atomic E-state index is 0.0444. The number of nitrogens with one attached hydrogen (secondary N) is 1. The molecule has 1 N–H and O–H groups in total. The Balaban J connectivity index is 1.65. The van der Waals surface area contributed by atoms with Crippen molar-refractivity contribution in [3.05, 3.63) is 24.3 Å². The van der Waals surface area contributed by atoms with Crippen LogP contribution in [0.25, 0.3) is 0 Å². The lowest BCUT2D eigenvalue weighted by Crippen LogP contribution is -2.42. The van der Waals surface area contributed by atoms with Crippen molar-refractivity contribution in [2.24, 2.45) is 0 Å². The summed E-state index contributed by atoms with van der Waals surface area (Å²) >= 11 is 0. The number of anilines is 2. The highest BCUT2D eigenvalue weighted by atomic mass is 16.5. The zero-order valence-electron chi connectivity index (χ0n) is 15.3. The van der Waals surface area contributed by atoms with Crippen LogP contribution in [0, 0.1) is 0 Å². The molecule has 2 saturated heterocycles. The molecule has 1 aromatic carbocycles. The largest absolute Gasteiger partial charge is 0.378 e. The number of ether oxygens (including phenoxy) is 2. The van der Waals surface area contributed by atoms with Gasteiger partial charge in [-0.3, -0.25) is 9.59 Å². The molecule has 2 fully saturated rings. The summed E-state index contributed by atoms with van der Waals surface area (Å²) in [5.74, 6) is -0.135. The van der Waals surface area contributed by atoms with Crippen LogP contribution in [0.5, 0.6) is 0 Å². The summed E-state index contributed by atoms with van der Waals surface area (Å²) in [5, 5.41) is 2.89. The molecule has 0 aliphatic carbocycles. The Morgan fingerprint density at radius 1 is 1.23 bits per heavy atom. The van der Waals surface area contributed by atoms with Crippen molar-refractivity contribution < 1.29 is 19.1 Å². The van der Waals surface area contributed by atoms with Gasteiger partial charge in [-0.15, -0.1) is 0 Å². The smallest absolute Gasteiger partial charge is 0.249 e. The standard InChI is InChI=1S/C19H27N3O4/c1-15(23)22(9-8-20-19(24)18-7-4-12-26-18)17-6-3-2-5-16(17)21-10-13-25-14-11-21/h2-3,5-6,18H,4,7-14H2,1H3,(H,20,24). The molecule has 7 nitrogen and oxygen atoms in total. The summed E-state index contributed by atoms with van der Waals surface area (Å²) in [6.45, 7) is 6.00. The fourth-order valence-electron chi connectivity index (χ4n) is 3.40. The minimum atomic E-state index is -0.346. The molecule has 2 heterocycles. The summed E-state index contributed by atoms with van der Waals surface area (Å²) in [4.78, 5) is 28.3. The van der Waals surface area contributed by atoms with Gasteiger partial charge in [0.15, 0.2) is 0 Å². The monoisotopic (exact) mass is 361 g/mol. The summed E-state index contributed by atoms with van der Waals surface area (Å²) in [6, 6.07) is 7.89. The second-order valence-electron chi connectivity index (χ2n) is 6.55. The number of nitrogens with zero attached hydrogens (tertiary/aromatic N) is 2. The van der Waals surface area contributed by atoms with Crippen LogP contribution in [0.4, 0.5) is 11.4 Å². The highest BCUT2D eigenvalue weighted by Crippen LogP contribution is 2.30. The van der Waals surface area contributed by atoms with Crippen LogP contribution in [0.2, 0.25) is 0 Å². The molecule has 7 heteroatoms. The quantitative estimate of drug-likeness (QED) is 0.824. The summed E-state index contributed by atoms with van der Waals surface area (Å²) in [7, 11) is 0. The number of morpholine rings is 1. The Morgan fingerprint density at radius 3 is 2.69 bits per heavy atom. The number of amides is 2. The van der Waals surface area contributed by atoms with Gasteiger partial charge < -0.3 is 24.6 Å². The van der Waals surface area contributed by atoms with Gasteiger partial charge in [-0.05, 0) is 25.0 Å². The van der Waals surface area contributed by atoms with Crippen molar-refractivity contribution in [3.63, 3.8) is 0 Å². The zero-order chi connectivity index (χ0) is 18.4. The van der Waals surface area contributed by atoms with E-state index in [2.05, 4.69) is 10.2 Å². The number of hydrogen-bond acceptors (Lipinski definition) is 5. The molecule has 3 rings (SSSR count). The third kappa shape index (κ3) is 4.53. The maximum atomic E-state index is 12.3. The zero-order valence-corrected chi connectivity index (χ0v) is 15.3. The molecule has 1 atom stereocenters. The van der Waals surface area contributed by atoms with Gasteiger partial charge in [-0.2, -0.15) is 0 Å². The molecule has 0 saturated carbocycles. The number of rotatable bonds is 6. The van der Waals surface area contributed by atoms with Crippen LogP contribution in [-0.2, 0) is 19.1 Å². The Hall–Kier alpha value is -2.12. The molecule has 1 unspecified atom stereocenters. The van der Waals surface area contributed by atoms with E-state index in [0.29, 0.717) is 32.9 Å². The summed E-state index contributed by atoms with van der Waals surface area (Å²) in [6.07, 6.45) is 1.34. The van der Waals surface area contributed by atoms with E-state index in [-0.39, 0.29) is 17.9 Å². The van der Waals surface area contributed by atoms with Crippen molar-refractivity contribution >= 4 is 23.2 Å². The molecule has 26 heavy (non-hydrogen) atoms. The van der Waals surface area contributed by atoms with Gasteiger partial charge in [0.05, 0.1) is 24.6 Å². The average Bonchev–Trinajstić information content (AvgIpc) is 3.20. The average molecular weight is 361 g/mol. The van der Waals surface area contributed by atoms with E-state index in [9.17, 15) is 9.59 Å². The van der Waals surface area contributed by atoms with E-state index >= 15 is 0 Å². The van der Waals surface area contributed by atoms with E-state index in [1.165, 1.54) is 0 Å². The lowest BCUT2D eigenvalue weighted by atomic mass is 10.2. The van der Waals surface area contributed by atoms with Gasteiger partial charge in [0.1, 0.15) is 6.10 Å². The Labute approximate surface area is 154 Å². The number of hydrogen-bond donors (Lipinski definition) is 1. The first-order chi connectivity index (χ1) is 12.7. The third-order valence-corrected chi connectivity index (χ3v) is 4.76. The van der Waals surface area contributed by atoms with Gasteiger partial charge in [0.2, 0.25) is 11.8 Å². The van der Waals surface area contributed by atoms with Crippen molar-refractivity contribution in [1.29, 1.82) is 0 Å². The van der Waals surface area contributed by atoms with Crippen LogP contribution >= 0.6 is 0 Å². The van der Waals surface area contributed by atoms with Crippen molar-refractivity contribution in [2.75, 3.05) is 55.8 Å². The Morgan fingerprint density at radius 2 is 2.00 bits per heavy atom. The lowest BCUT2D eigenvalue weighted by Gasteiger charge is -2.33. The van der Waals surface area contributed by atoms with Crippen LogP contribution in [0.1, 0.15) is 19.8 Å². The van der Waals surface area contributed by atoms with Crippen LogP contribution < -0.4 is 15.1 Å². The Kier molecular flexibility index (Phi) is 6.46. The second-order valence-corrected chi connectivity index (χ2v) is 6.55. The van der Waals surface area contributed by atoms with Crippen molar-refractivity contribution in [2.45, 2.75) is 25.9 Å². The van der Waals surface area contributed by atoms with E-state index in [4.69, 9.17) is 9.47 Å². The van der Waals surface area contributed by atoms with E-state index in [1.807, 2.05) is 24.3 Å². The molecule has 2 amide bonds. The predicted molar refractivity (Wildman–Crippen MR) is 99.5 cm³/mol. The number of carbonyl (C=O) groups excluding carboxylic acids is 2. The fourth-order valence-corrected chi connectivity index (χ4v) is 3.40. The summed E-state index contributed by atoms with van der Waals surface area (Å²) < 4.78 is 10.8. The number of carbonyl (C=O) groups is 2. The first-order valence-electron chi connectivity index (χ1n) is 9.26. The fraction of sp³-hybridized carbons (Fsp3) is 0.579. The maximum absolute atomic E-state index is 12.3. The SMILES string of the molecule is CC(=O)N(CCNC(=O)C1CCCO1)c1ccccc1N1CCOCC1. The Bertz CT molecular complexity index is 625. The third-order valence-electron chi connectivity index (χ3n) is 4.76. The van der Waals surface area contributed by atoms with Gasteiger partial charge in [0, 0.05) is 39.7 Å². The van der Waals surface area contributed by atoms with E-state index < -0.39 is 0 Å². The van der Waals surface area contributed by atoms with Crippen molar-refractivity contribution in [1.82, 2.24) is 5.32 Å². The van der Waals surface area contributed by atoms with Gasteiger partial charge in [-0.1, -0.05) is 12.1 Å². The first kappa shape index (κ1) is 18.7.